The molecular weight excluding hydrogens is 250 g/mol. The largest absolute Gasteiger partial charge is 0.370 e. The van der Waals surface area contributed by atoms with Crippen LogP contribution in [0.5, 0.6) is 0 Å². The minimum absolute atomic E-state index is 0.577. The van der Waals surface area contributed by atoms with Crippen LogP contribution in [0.15, 0.2) is 29.3 Å². The third-order valence-electron chi connectivity index (χ3n) is 4.14. The number of guanidine groups is 1. The number of para-hydroxylation sites is 2. The average Bonchev–Trinajstić information content (AvgIpc) is 3.15. The predicted molar refractivity (Wildman–Crippen MR) is 79.5 cm³/mol. The van der Waals surface area contributed by atoms with E-state index in [0.717, 1.165) is 24.4 Å². The van der Waals surface area contributed by atoms with Crippen LogP contribution in [0, 0.1) is 0 Å². The van der Waals surface area contributed by atoms with Gasteiger partial charge in [0.25, 0.3) is 0 Å². The maximum Gasteiger partial charge on any atom is 0.191 e. The SMILES string of the molecule is NC(=NCc1nc2ccccc2n1C1CC1)N1CCC1. The molecule has 4 rings (SSSR count). The van der Waals surface area contributed by atoms with Crippen LogP contribution in [0.1, 0.15) is 31.1 Å². The van der Waals surface area contributed by atoms with Crippen molar-refractivity contribution in [3.8, 4) is 0 Å². The zero-order chi connectivity index (χ0) is 13.5. The Kier molecular flexibility index (Phi) is 2.65. The van der Waals surface area contributed by atoms with E-state index in [1.54, 1.807) is 0 Å². The Morgan fingerprint density at radius 2 is 2.10 bits per heavy atom. The number of benzene rings is 1. The minimum atomic E-state index is 0.577. The van der Waals surface area contributed by atoms with Crippen molar-refractivity contribution in [2.45, 2.75) is 31.8 Å². The van der Waals surface area contributed by atoms with Gasteiger partial charge in [-0.2, -0.15) is 0 Å². The van der Waals surface area contributed by atoms with Gasteiger partial charge in [0.1, 0.15) is 12.4 Å². The first-order valence-electron chi connectivity index (χ1n) is 7.33. The Morgan fingerprint density at radius 1 is 1.30 bits per heavy atom. The van der Waals surface area contributed by atoms with Crippen LogP contribution in [0.3, 0.4) is 0 Å². The fraction of sp³-hybridized carbons (Fsp3) is 0.467. The molecule has 2 heterocycles. The highest BCUT2D eigenvalue weighted by molar-refractivity contribution is 5.79. The van der Waals surface area contributed by atoms with Gasteiger partial charge in [0.15, 0.2) is 5.96 Å². The van der Waals surface area contributed by atoms with Gasteiger partial charge < -0.3 is 15.2 Å². The first-order valence-corrected chi connectivity index (χ1v) is 7.33. The molecule has 20 heavy (non-hydrogen) atoms. The van der Waals surface area contributed by atoms with Gasteiger partial charge in [0.2, 0.25) is 0 Å². The van der Waals surface area contributed by atoms with E-state index in [2.05, 4.69) is 32.7 Å². The standard InChI is InChI=1S/C15H19N5/c16-15(19-8-3-9-19)17-10-14-18-12-4-1-2-5-13(12)20(14)11-6-7-11/h1-2,4-5,11H,3,6-10H2,(H2,16,17). The summed E-state index contributed by atoms with van der Waals surface area (Å²) in [5.41, 5.74) is 8.29. The number of aromatic nitrogens is 2. The van der Waals surface area contributed by atoms with E-state index in [9.17, 15) is 0 Å². The lowest BCUT2D eigenvalue weighted by Gasteiger charge is -2.31. The van der Waals surface area contributed by atoms with Crippen molar-refractivity contribution >= 4 is 17.0 Å². The van der Waals surface area contributed by atoms with Crippen molar-refractivity contribution in [2.24, 2.45) is 10.7 Å². The van der Waals surface area contributed by atoms with E-state index in [1.807, 2.05) is 6.07 Å². The molecule has 0 atom stereocenters. The molecule has 0 unspecified atom stereocenters. The molecule has 0 bridgehead atoms. The first kappa shape index (κ1) is 11.8. The molecule has 5 heteroatoms. The molecule has 104 valence electrons. The summed E-state index contributed by atoms with van der Waals surface area (Å²) in [5, 5.41) is 0. The van der Waals surface area contributed by atoms with E-state index in [-0.39, 0.29) is 0 Å². The quantitative estimate of drug-likeness (QED) is 0.684. The number of likely N-dealkylation sites (tertiary alicyclic amines) is 1. The Bertz CT molecular complexity index is 664. The number of nitrogens with two attached hydrogens (primary N) is 1. The third kappa shape index (κ3) is 1.94. The zero-order valence-electron chi connectivity index (χ0n) is 11.5. The van der Waals surface area contributed by atoms with Crippen molar-refractivity contribution in [1.82, 2.24) is 14.5 Å². The number of fused-ring (bicyclic) bond motifs is 1. The summed E-state index contributed by atoms with van der Waals surface area (Å²) in [4.78, 5) is 11.4. The van der Waals surface area contributed by atoms with Crippen molar-refractivity contribution in [2.75, 3.05) is 13.1 Å². The third-order valence-corrected chi connectivity index (χ3v) is 4.14. The average molecular weight is 269 g/mol. The van der Waals surface area contributed by atoms with Gasteiger partial charge in [-0.25, -0.2) is 9.98 Å². The number of imidazole rings is 1. The fourth-order valence-corrected chi connectivity index (χ4v) is 2.74. The normalized spacial score (nSPS) is 19.4. The Morgan fingerprint density at radius 3 is 2.80 bits per heavy atom. The second-order valence-corrected chi connectivity index (χ2v) is 5.63. The fourth-order valence-electron chi connectivity index (χ4n) is 2.74. The molecule has 2 aromatic rings. The van der Waals surface area contributed by atoms with Crippen molar-refractivity contribution in [1.29, 1.82) is 0 Å². The molecule has 5 nitrogen and oxygen atoms in total. The van der Waals surface area contributed by atoms with Gasteiger partial charge in [-0.1, -0.05) is 12.1 Å². The van der Waals surface area contributed by atoms with Gasteiger partial charge in [0, 0.05) is 19.1 Å². The summed E-state index contributed by atoms with van der Waals surface area (Å²) in [6.45, 7) is 2.65. The molecule has 1 aliphatic heterocycles. The zero-order valence-corrected chi connectivity index (χ0v) is 11.5. The maximum absolute atomic E-state index is 6.00. The first-order chi connectivity index (χ1) is 9.83. The molecule has 1 aromatic carbocycles. The highest BCUT2D eigenvalue weighted by Gasteiger charge is 2.28. The summed E-state index contributed by atoms with van der Waals surface area (Å²) >= 11 is 0. The lowest BCUT2D eigenvalue weighted by atomic mass is 10.2. The summed E-state index contributed by atoms with van der Waals surface area (Å²) in [5.74, 6) is 1.70. The van der Waals surface area contributed by atoms with Crippen LogP contribution in [0.4, 0.5) is 0 Å². The monoisotopic (exact) mass is 269 g/mol. The summed E-state index contributed by atoms with van der Waals surface area (Å²) in [6, 6.07) is 8.93. The molecule has 2 N–H and O–H groups in total. The van der Waals surface area contributed by atoms with Gasteiger partial charge in [0.05, 0.1) is 11.0 Å². The highest BCUT2D eigenvalue weighted by atomic mass is 15.3. The van der Waals surface area contributed by atoms with Crippen LogP contribution in [0.2, 0.25) is 0 Å². The second kappa shape index (κ2) is 4.51. The van der Waals surface area contributed by atoms with Crippen molar-refractivity contribution in [3.05, 3.63) is 30.1 Å². The molecule has 1 saturated heterocycles. The second-order valence-electron chi connectivity index (χ2n) is 5.63. The van der Waals surface area contributed by atoms with Crippen LogP contribution in [0.25, 0.3) is 11.0 Å². The van der Waals surface area contributed by atoms with E-state index < -0.39 is 0 Å². The van der Waals surface area contributed by atoms with Gasteiger partial charge >= 0.3 is 0 Å². The molecule has 1 aliphatic carbocycles. The molecule has 0 spiro atoms. The van der Waals surface area contributed by atoms with E-state index in [0.29, 0.717) is 18.5 Å². The lowest BCUT2D eigenvalue weighted by molar-refractivity contribution is 0.295. The number of rotatable bonds is 3. The molecule has 1 saturated carbocycles. The topological polar surface area (TPSA) is 59.4 Å². The molecule has 2 aliphatic rings. The van der Waals surface area contributed by atoms with Crippen LogP contribution < -0.4 is 5.73 Å². The number of aliphatic imine (C=N–C) groups is 1. The lowest BCUT2D eigenvalue weighted by Crippen LogP contribution is -2.46. The van der Waals surface area contributed by atoms with Crippen LogP contribution >= 0.6 is 0 Å². The van der Waals surface area contributed by atoms with Gasteiger partial charge in [-0.3, -0.25) is 0 Å². The molecule has 1 aromatic heterocycles. The summed E-state index contributed by atoms with van der Waals surface area (Å²) in [7, 11) is 0. The van der Waals surface area contributed by atoms with Crippen LogP contribution in [-0.4, -0.2) is 33.5 Å². The predicted octanol–water partition coefficient (Wildman–Crippen LogP) is 1.89. The smallest absolute Gasteiger partial charge is 0.191 e. The van der Waals surface area contributed by atoms with Gasteiger partial charge in [-0.05, 0) is 31.4 Å². The van der Waals surface area contributed by atoms with Crippen molar-refractivity contribution in [3.63, 3.8) is 0 Å². The Hall–Kier alpha value is -2.04. The number of hydrogen-bond donors (Lipinski definition) is 1. The Balaban J connectivity index is 1.66. The highest BCUT2D eigenvalue weighted by Crippen LogP contribution is 2.38. The summed E-state index contributed by atoms with van der Waals surface area (Å²) in [6.07, 6.45) is 3.72. The van der Waals surface area contributed by atoms with E-state index in [4.69, 9.17) is 10.7 Å². The number of hydrogen-bond acceptors (Lipinski definition) is 2. The molecule has 2 fully saturated rings. The molecular formula is C15H19N5. The van der Waals surface area contributed by atoms with Crippen LogP contribution in [-0.2, 0) is 6.54 Å². The van der Waals surface area contributed by atoms with Crippen molar-refractivity contribution < 1.29 is 0 Å². The molecule has 0 radical (unpaired) electrons. The molecule has 0 amide bonds. The minimum Gasteiger partial charge on any atom is -0.370 e. The van der Waals surface area contributed by atoms with E-state index >= 15 is 0 Å². The number of nitrogens with zero attached hydrogens (tertiary/aromatic N) is 4. The van der Waals surface area contributed by atoms with E-state index in [1.165, 1.54) is 24.8 Å². The summed E-state index contributed by atoms with van der Waals surface area (Å²) < 4.78 is 2.35. The maximum atomic E-state index is 6.00. The Labute approximate surface area is 118 Å². The van der Waals surface area contributed by atoms with Gasteiger partial charge in [-0.15, -0.1) is 0 Å².